The van der Waals surface area contributed by atoms with Crippen LogP contribution < -0.4 is 4.74 Å². The Bertz CT molecular complexity index is 398. The van der Waals surface area contributed by atoms with Crippen molar-refractivity contribution in [1.29, 1.82) is 5.26 Å². The minimum absolute atomic E-state index is 0.480. The van der Waals surface area contributed by atoms with Crippen LogP contribution in [0, 0.1) is 11.3 Å². The summed E-state index contributed by atoms with van der Waals surface area (Å²) in [6.07, 6.45) is -0.478. The number of aliphatic hydroxyl groups excluding tert-OH is 1. The third kappa shape index (κ3) is 3.22. The van der Waals surface area contributed by atoms with Crippen LogP contribution in [-0.4, -0.2) is 11.2 Å². The van der Waals surface area contributed by atoms with Gasteiger partial charge in [-0.15, -0.1) is 0 Å². The lowest BCUT2D eigenvalue weighted by atomic mass is 10.1. The zero-order valence-electron chi connectivity index (χ0n) is 9.27. The summed E-state index contributed by atoms with van der Waals surface area (Å²) in [7, 11) is 0. The number of ether oxygens (including phenoxy) is 1. The number of nitriles is 1. The predicted molar refractivity (Wildman–Crippen MR) is 65.1 cm³/mol. The van der Waals surface area contributed by atoms with Crippen molar-refractivity contribution < 1.29 is 9.84 Å². The average Bonchev–Trinajstić information content (AvgIpc) is 2.25. The number of nitrogens with zero attached hydrogens (tertiary/aromatic N) is 1. The van der Waals surface area contributed by atoms with Crippen LogP contribution in [0.2, 0.25) is 0 Å². The molecule has 0 aliphatic heterocycles. The topological polar surface area (TPSA) is 53.2 Å². The highest BCUT2D eigenvalue weighted by molar-refractivity contribution is 9.10. The van der Waals surface area contributed by atoms with Crippen LogP contribution in [-0.2, 0) is 0 Å². The molecule has 1 aromatic carbocycles. The number of hydrogen-bond acceptors (Lipinski definition) is 3. The Labute approximate surface area is 104 Å². The normalized spacial score (nSPS) is 13.9. The highest BCUT2D eigenvalue weighted by Crippen LogP contribution is 2.29. The number of benzene rings is 1. The van der Waals surface area contributed by atoms with Crippen molar-refractivity contribution in [1.82, 2.24) is 0 Å². The van der Waals surface area contributed by atoms with E-state index in [4.69, 9.17) is 10.00 Å². The Morgan fingerprint density at radius 3 is 2.75 bits per heavy atom. The van der Waals surface area contributed by atoms with Gasteiger partial charge in [0.15, 0.2) is 6.10 Å². The van der Waals surface area contributed by atoms with Crippen LogP contribution in [0.1, 0.15) is 31.9 Å². The second kappa shape index (κ2) is 5.88. The maximum absolute atomic E-state index is 9.58. The van der Waals surface area contributed by atoms with Crippen molar-refractivity contribution >= 4 is 15.9 Å². The molecule has 1 aromatic rings. The molecular weight excluding hydrogens is 270 g/mol. The molecule has 0 heterocycles. The second-order valence-corrected chi connectivity index (χ2v) is 4.42. The summed E-state index contributed by atoms with van der Waals surface area (Å²) >= 11 is 3.33. The van der Waals surface area contributed by atoms with Gasteiger partial charge in [0.1, 0.15) is 11.8 Å². The Balaban J connectivity index is 3.01. The molecule has 0 radical (unpaired) electrons. The first-order valence-corrected chi connectivity index (χ1v) is 5.91. The first-order chi connectivity index (χ1) is 7.58. The van der Waals surface area contributed by atoms with Crippen molar-refractivity contribution in [3.05, 3.63) is 28.2 Å². The van der Waals surface area contributed by atoms with Gasteiger partial charge >= 0.3 is 0 Å². The molecule has 2 atom stereocenters. The van der Waals surface area contributed by atoms with Crippen LogP contribution >= 0.6 is 15.9 Å². The number of rotatable bonds is 4. The summed E-state index contributed by atoms with van der Waals surface area (Å²) in [5.74, 6) is 0.553. The van der Waals surface area contributed by atoms with Crippen LogP contribution in [0.5, 0.6) is 5.75 Å². The lowest BCUT2D eigenvalue weighted by Crippen LogP contribution is -2.13. The summed E-state index contributed by atoms with van der Waals surface area (Å²) < 4.78 is 6.40. The minimum Gasteiger partial charge on any atom is -0.475 e. The molecule has 0 spiro atoms. The first kappa shape index (κ1) is 13.0. The van der Waals surface area contributed by atoms with E-state index in [1.807, 2.05) is 13.0 Å². The molecule has 0 bridgehead atoms. The van der Waals surface area contributed by atoms with Gasteiger partial charge in [-0.05, 0) is 25.5 Å². The van der Waals surface area contributed by atoms with E-state index in [0.29, 0.717) is 17.7 Å². The van der Waals surface area contributed by atoms with E-state index in [-0.39, 0.29) is 0 Å². The first-order valence-electron chi connectivity index (χ1n) is 5.12. The standard InChI is InChI=1S/C12H14BrNO2/c1-3-10(7-14)16-12-6-9(13)4-5-11(12)8(2)15/h4-6,8,10,15H,3H2,1-2H3. The Morgan fingerprint density at radius 1 is 1.56 bits per heavy atom. The van der Waals surface area contributed by atoms with E-state index in [1.54, 1.807) is 19.1 Å². The van der Waals surface area contributed by atoms with E-state index in [2.05, 4.69) is 22.0 Å². The maximum Gasteiger partial charge on any atom is 0.184 e. The van der Waals surface area contributed by atoms with E-state index in [9.17, 15) is 5.11 Å². The van der Waals surface area contributed by atoms with E-state index in [1.165, 1.54) is 0 Å². The third-order valence-corrected chi connectivity index (χ3v) is 2.70. The highest BCUT2D eigenvalue weighted by atomic mass is 79.9. The van der Waals surface area contributed by atoms with Crippen LogP contribution in [0.3, 0.4) is 0 Å². The fraction of sp³-hybridized carbons (Fsp3) is 0.417. The molecule has 3 nitrogen and oxygen atoms in total. The van der Waals surface area contributed by atoms with Gasteiger partial charge in [0.25, 0.3) is 0 Å². The SMILES string of the molecule is CCC(C#N)Oc1cc(Br)ccc1C(C)O. The molecule has 0 aromatic heterocycles. The molecule has 2 unspecified atom stereocenters. The van der Waals surface area contributed by atoms with Gasteiger partial charge in [0.2, 0.25) is 0 Å². The lowest BCUT2D eigenvalue weighted by molar-refractivity contribution is 0.184. The predicted octanol–water partition coefficient (Wildman–Crippen LogP) is 3.18. The zero-order chi connectivity index (χ0) is 12.1. The molecule has 16 heavy (non-hydrogen) atoms. The molecule has 0 aliphatic carbocycles. The molecule has 0 aliphatic rings. The van der Waals surface area contributed by atoms with Crippen LogP contribution in [0.15, 0.2) is 22.7 Å². The summed E-state index contributed by atoms with van der Waals surface area (Å²) in [4.78, 5) is 0. The molecule has 0 saturated heterocycles. The molecule has 1 N–H and O–H groups in total. The van der Waals surface area contributed by atoms with Crippen LogP contribution in [0.25, 0.3) is 0 Å². The Hall–Kier alpha value is -1.05. The van der Waals surface area contributed by atoms with Crippen molar-refractivity contribution in [3.8, 4) is 11.8 Å². The average molecular weight is 284 g/mol. The summed E-state index contributed by atoms with van der Waals surface area (Å²) in [6.45, 7) is 3.55. The van der Waals surface area contributed by atoms with Gasteiger partial charge in [-0.1, -0.05) is 28.9 Å². The molecule has 86 valence electrons. The third-order valence-electron chi connectivity index (χ3n) is 2.21. The summed E-state index contributed by atoms with van der Waals surface area (Å²) in [5.41, 5.74) is 0.692. The Morgan fingerprint density at radius 2 is 2.25 bits per heavy atom. The van der Waals surface area contributed by atoms with Gasteiger partial charge in [-0.3, -0.25) is 0 Å². The van der Waals surface area contributed by atoms with Crippen molar-refractivity contribution in [2.24, 2.45) is 0 Å². The van der Waals surface area contributed by atoms with Crippen molar-refractivity contribution in [2.45, 2.75) is 32.5 Å². The second-order valence-electron chi connectivity index (χ2n) is 3.50. The van der Waals surface area contributed by atoms with E-state index >= 15 is 0 Å². The summed E-state index contributed by atoms with van der Waals surface area (Å²) in [6, 6.07) is 7.45. The monoisotopic (exact) mass is 283 g/mol. The fourth-order valence-electron chi connectivity index (χ4n) is 1.31. The van der Waals surface area contributed by atoms with Gasteiger partial charge in [0, 0.05) is 10.0 Å². The van der Waals surface area contributed by atoms with Crippen molar-refractivity contribution in [2.75, 3.05) is 0 Å². The molecule has 1 rings (SSSR count). The number of halogens is 1. The number of aliphatic hydroxyl groups is 1. The van der Waals surface area contributed by atoms with E-state index < -0.39 is 12.2 Å². The van der Waals surface area contributed by atoms with Gasteiger partial charge in [-0.25, -0.2) is 0 Å². The molecular formula is C12H14BrNO2. The van der Waals surface area contributed by atoms with Crippen LogP contribution in [0.4, 0.5) is 0 Å². The zero-order valence-corrected chi connectivity index (χ0v) is 10.9. The molecule has 4 heteroatoms. The Kier molecular flexibility index (Phi) is 4.78. The van der Waals surface area contributed by atoms with Gasteiger partial charge < -0.3 is 9.84 Å². The quantitative estimate of drug-likeness (QED) is 0.923. The maximum atomic E-state index is 9.58. The molecule has 0 amide bonds. The minimum atomic E-state index is -0.612. The smallest absolute Gasteiger partial charge is 0.184 e. The molecule has 0 saturated carbocycles. The number of hydrogen-bond donors (Lipinski definition) is 1. The molecule has 0 fully saturated rings. The fourth-order valence-corrected chi connectivity index (χ4v) is 1.65. The van der Waals surface area contributed by atoms with Gasteiger partial charge in [0.05, 0.1) is 6.10 Å². The van der Waals surface area contributed by atoms with Gasteiger partial charge in [-0.2, -0.15) is 5.26 Å². The summed E-state index contributed by atoms with van der Waals surface area (Å²) in [5, 5.41) is 18.4. The lowest BCUT2D eigenvalue weighted by Gasteiger charge is -2.16. The highest BCUT2D eigenvalue weighted by Gasteiger charge is 2.13. The largest absolute Gasteiger partial charge is 0.475 e. The van der Waals surface area contributed by atoms with Crippen molar-refractivity contribution in [3.63, 3.8) is 0 Å². The van der Waals surface area contributed by atoms with E-state index in [0.717, 1.165) is 4.47 Å².